The molecule has 1 fully saturated rings. The summed E-state index contributed by atoms with van der Waals surface area (Å²) in [5.41, 5.74) is 0. The highest BCUT2D eigenvalue weighted by atomic mass is 16.3. The van der Waals surface area contributed by atoms with Crippen molar-refractivity contribution in [1.82, 2.24) is 4.90 Å². The van der Waals surface area contributed by atoms with E-state index in [2.05, 4.69) is 13.1 Å². The quantitative estimate of drug-likeness (QED) is 0.667. The third-order valence-electron chi connectivity index (χ3n) is 3.07. The van der Waals surface area contributed by atoms with Crippen LogP contribution in [0.3, 0.4) is 0 Å². The summed E-state index contributed by atoms with van der Waals surface area (Å²) in [7, 11) is 0. The summed E-state index contributed by atoms with van der Waals surface area (Å²) in [6.07, 6.45) is 5.29. The molecule has 0 aromatic heterocycles. The highest BCUT2D eigenvalue weighted by Gasteiger charge is 2.22. The van der Waals surface area contributed by atoms with Gasteiger partial charge in [-0.05, 0) is 31.1 Å². The third kappa shape index (κ3) is 2.89. The molecule has 1 saturated heterocycles. The van der Waals surface area contributed by atoms with E-state index in [-0.39, 0.29) is 0 Å². The summed E-state index contributed by atoms with van der Waals surface area (Å²) in [5, 5.41) is 17.5. The van der Waals surface area contributed by atoms with Crippen molar-refractivity contribution < 1.29 is 5.11 Å². The van der Waals surface area contributed by atoms with Gasteiger partial charge in [0.15, 0.2) is 6.19 Å². The van der Waals surface area contributed by atoms with Gasteiger partial charge in [-0.25, -0.2) is 0 Å². The van der Waals surface area contributed by atoms with Crippen molar-refractivity contribution in [2.24, 2.45) is 11.8 Å². The number of nitrogens with zero attached hydrogens (tertiary/aromatic N) is 2. The lowest BCUT2D eigenvalue weighted by Crippen LogP contribution is -2.32. The van der Waals surface area contributed by atoms with E-state index in [1.807, 2.05) is 4.90 Å². The van der Waals surface area contributed by atoms with Crippen molar-refractivity contribution >= 4 is 0 Å². The van der Waals surface area contributed by atoms with E-state index in [0.29, 0.717) is 18.4 Å². The minimum absolute atomic E-state index is 0.291. The molecular weight excluding hydrogens is 164 g/mol. The monoisotopic (exact) mass is 182 g/mol. The van der Waals surface area contributed by atoms with Crippen LogP contribution in [0.1, 0.15) is 26.2 Å². The fourth-order valence-electron chi connectivity index (χ4n) is 2.01. The number of hydrogen-bond donors (Lipinski definition) is 1. The minimum Gasteiger partial charge on any atom is -0.396 e. The van der Waals surface area contributed by atoms with E-state index in [1.165, 1.54) is 0 Å². The predicted molar refractivity (Wildman–Crippen MR) is 50.8 cm³/mol. The Bertz CT molecular complexity index is 180. The summed E-state index contributed by atoms with van der Waals surface area (Å²) in [6.45, 7) is 4.29. The Labute approximate surface area is 80.0 Å². The maximum absolute atomic E-state index is 8.80. The molecule has 1 rings (SSSR count). The van der Waals surface area contributed by atoms with Gasteiger partial charge in [-0.1, -0.05) is 6.92 Å². The largest absolute Gasteiger partial charge is 0.396 e. The van der Waals surface area contributed by atoms with Crippen molar-refractivity contribution in [3.8, 4) is 6.19 Å². The second kappa shape index (κ2) is 5.08. The maximum atomic E-state index is 8.80. The van der Waals surface area contributed by atoms with E-state index in [0.717, 1.165) is 32.4 Å². The van der Waals surface area contributed by atoms with E-state index in [1.54, 1.807) is 0 Å². The van der Waals surface area contributed by atoms with Crippen LogP contribution in [-0.2, 0) is 0 Å². The van der Waals surface area contributed by atoms with Gasteiger partial charge in [0.2, 0.25) is 0 Å². The van der Waals surface area contributed by atoms with Gasteiger partial charge in [-0.15, -0.1) is 0 Å². The summed E-state index contributed by atoms with van der Waals surface area (Å²) in [6, 6.07) is 0. The minimum atomic E-state index is 0.291. The second-order valence-corrected chi connectivity index (χ2v) is 3.91. The number of aliphatic hydroxyl groups excluding tert-OH is 1. The standard InChI is InChI=1S/C10H18N2O/c1-9(4-7-13)10-2-5-12(8-11)6-3-10/h9-10,13H,2-7H2,1H3. The number of rotatable bonds is 3. The molecule has 0 radical (unpaired) electrons. The van der Waals surface area contributed by atoms with Crippen LogP contribution in [0.25, 0.3) is 0 Å². The van der Waals surface area contributed by atoms with Crippen LogP contribution in [0.15, 0.2) is 0 Å². The Morgan fingerprint density at radius 1 is 1.54 bits per heavy atom. The van der Waals surface area contributed by atoms with Gasteiger partial charge in [0, 0.05) is 19.7 Å². The number of aliphatic hydroxyl groups is 1. The molecular formula is C10H18N2O. The molecule has 3 nitrogen and oxygen atoms in total. The molecule has 0 amide bonds. The van der Waals surface area contributed by atoms with Crippen LogP contribution < -0.4 is 0 Å². The van der Waals surface area contributed by atoms with Gasteiger partial charge < -0.3 is 10.0 Å². The smallest absolute Gasteiger partial charge is 0.179 e. The molecule has 13 heavy (non-hydrogen) atoms. The van der Waals surface area contributed by atoms with Crippen molar-refractivity contribution in [1.29, 1.82) is 5.26 Å². The maximum Gasteiger partial charge on any atom is 0.179 e. The predicted octanol–water partition coefficient (Wildman–Crippen LogP) is 1.20. The van der Waals surface area contributed by atoms with Crippen LogP contribution in [0.2, 0.25) is 0 Å². The first-order valence-corrected chi connectivity index (χ1v) is 5.03. The first kappa shape index (κ1) is 10.3. The van der Waals surface area contributed by atoms with Crippen molar-refractivity contribution in [3.05, 3.63) is 0 Å². The van der Waals surface area contributed by atoms with Gasteiger partial charge >= 0.3 is 0 Å². The van der Waals surface area contributed by atoms with Crippen LogP contribution in [0.5, 0.6) is 0 Å². The van der Waals surface area contributed by atoms with Crippen LogP contribution >= 0.6 is 0 Å². The molecule has 0 aliphatic carbocycles. The third-order valence-corrected chi connectivity index (χ3v) is 3.07. The van der Waals surface area contributed by atoms with E-state index >= 15 is 0 Å². The molecule has 1 heterocycles. The SMILES string of the molecule is CC(CCO)C1CCN(C#N)CC1. The zero-order valence-corrected chi connectivity index (χ0v) is 8.24. The number of nitriles is 1. The molecule has 1 N–H and O–H groups in total. The van der Waals surface area contributed by atoms with Gasteiger partial charge in [0.1, 0.15) is 0 Å². The summed E-state index contributed by atoms with van der Waals surface area (Å²) in [5.74, 6) is 1.31. The average molecular weight is 182 g/mol. The average Bonchev–Trinajstić information content (AvgIpc) is 2.18. The van der Waals surface area contributed by atoms with E-state index in [9.17, 15) is 0 Å². The van der Waals surface area contributed by atoms with E-state index in [4.69, 9.17) is 10.4 Å². The number of likely N-dealkylation sites (tertiary alicyclic amines) is 1. The molecule has 0 aromatic carbocycles. The highest BCUT2D eigenvalue weighted by molar-refractivity contribution is 4.82. The molecule has 74 valence electrons. The molecule has 0 bridgehead atoms. The van der Waals surface area contributed by atoms with Gasteiger partial charge in [0.25, 0.3) is 0 Å². The molecule has 0 spiro atoms. The first-order valence-electron chi connectivity index (χ1n) is 5.03. The van der Waals surface area contributed by atoms with E-state index < -0.39 is 0 Å². The Morgan fingerprint density at radius 3 is 2.62 bits per heavy atom. The molecule has 1 aliphatic heterocycles. The second-order valence-electron chi connectivity index (χ2n) is 3.91. The molecule has 0 aromatic rings. The summed E-state index contributed by atoms with van der Waals surface area (Å²) in [4.78, 5) is 1.82. The Balaban J connectivity index is 2.28. The first-order chi connectivity index (χ1) is 6.27. The summed E-state index contributed by atoms with van der Waals surface area (Å²) < 4.78 is 0. The van der Waals surface area contributed by atoms with Crippen molar-refractivity contribution in [2.75, 3.05) is 19.7 Å². The topological polar surface area (TPSA) is 47.3 Å². The Hall–Kier alpha value is -0.750. The lowest BCUT2D eigenvalue weighted by atomic mass is 9.84. The zero-order chi connectivity index (χ0) is 9.68. The molecule has 1 atom stereocenters. The van der Waals surface area contributed by atoms with Gasteiger partial charge in [-0.3, -0.25) is 0 Å². The lowest BCUT2D eigenvalue weighted by molar-refractivity contribution is 0.169. The number of piperidine rings is 1. The van der Waals surface area contributed by atoms with Crippen molar-refractivity contribution in [3.63, 3.8) is 0 Å². The molecule has 3 heteroatoms. The fourth-order valence-corrected chi connectivity index (χ4v) is 2.01. The Morgan fingerprint density at radius 2 is 2.15 bits per heavy atom. The van der Waals surface area contributed by atoms with Crippen molar-refractivity contribution in [2.45, 2.75) is 26.2 Å². The normalized spacial score (nSPS) is 21.2. The van der Waals surface area contributed by atoms with Crippen LogP contribution in [0, 0.1) is 23.3 Å². The molecule has 0 saturated carbocycles. The number of hydrogen-bond acceptors (Lipinski definition) is 3. The summed E-state index contributed by atoms with van der Waals surface area (Å²) >= 11 is 0. The lowest BCUT2D eigenvalue weighted by Gasteiger charge is -2.31. The Kier molecular flexibility index (Phi) is 4.04. The van der Waals surface area contributed by atoms with Crippen LogP contribution in [0.4, 0.5) is 0 Å². The molecule has 1 unspecified atom stereocenters. The zero-order valence-electron chi connectivity index (χ0n) is 8.24. The van der Waals surface area contributed by atoms with Gasteiger partial charge in [0.05, 0.1) is 0 Å². The fraction of sp³-hybridized carbons (Fsp3) is 0.900. The highest BCUT2D eigenvalue weighted by Crippen LogP contribution is 2.26. The molecule has 1 aliphatic rings. The van der Waals surface area contributed by atoms with Gasteiger partial charge in [-0.2, -0.15) is 5.26 Å². The van der Waals surface area contributed by atoms with Crippen LogP contribution in [-0.4, -0.2) is 29.7 Å².